The van der Waals surface area contributed by atoms with Gasteiger partial charge in [-0.2, -0.15) is 0 Å². The van der Waals surface area contributed by atoms with Gasteiger partial charge in [-0.15, -0.1) is 0 Å². The summed E-state index contributed by atoms with van der Waals surface area (Å²) < 4.78 is 10.1. The van der Waals surface area contributed by atoms with Gasteiger partial charge in [0.05, 0.1) is 43.0 Å². The van der Waals surface area contributed by atoms with Crippen molar-refractivity contribution in [2.45, 2.75) is 49.9 Å². The summed E-state index contributed by atoms with van der Waals surface area (Å²) in [6.45, 7) is 1.02. The number of alkyl carbamates (subject to hydrolysis) is 1. The Morgan fingerprint density at radius 2 is 1.20 bits per heavy atom. The number of benzene rings is 3. The number of nitrogens with zero attached hydrogens (tertiary/aromatic N) is 6. The minimum absolute atomic E-state index is 0.233. The molecule has 2 fully saturated rings. The molecule has 2 aliphatic heterocycles. The molecule has 4 amide bonds. The van der Waals surface area contributed by atoms with Crippen LogP contribution in [0.25, 0.3) is 33.9 Å². The van der Waals surface area contributed by atoms with Gasteiger partial charge in [-0.3, -0.25) is 9.59 Å². The molecule has 3 aromatic heterocycles. The van der Waals surface area contributed by atoms with E-state index in [2.05, 4.69) is 35.2 Å². The fourth-order valence-electron chi connectivity index (χ4n) is 7.78. The zero-order valence-corrected chi connectivity index (χ0v) is 32.2. The number of imidazole rings is 2. The number of H-pyrrole nitrogens is 2. The second-order valence-corrected chi connectivity index (χ2v) is 14.3. The molecule has 5 N–H and O–H groups in total. The van der Waals surface area contributed by atoms with Gasteiger partial charge < -0.3 is 40.3 Å². The van der Waals surface area contributed by atoms with Crippen LogP contribution in [0.4, 0.5) is 9.59 Å². The highest BCUT2D eigenvalue weighted by Gasteiger charge is 2.39. The Morgan fingerprint density at radius 1 is 0.678 bits per heavy atom. The maximum absolute atomic E-state index is 13.9. The number of methoxy groups -OCH3 is 1. The van der Waals surface area contributed by atoms with Crippen LogP contribution in [0.15, 0.2) is 110 Å². The van der Waals surface area contributed by atoms with Gasteiger partial charge in [-0.25, -0.2) is 29.5 Å². The van der Waals surface area contributed by atoms with E-state index in [1.54, 1.807) is 71.0 Å². The van der Waals surface area contributed by atoms with Gasteiger partial charge in [0.15, 0.2) is 5.82 Å². The normalized spacial score (nSPS) is 17.3. The summed E-state index contributed by atoms with van der Waals surface area (Å²) >= 11 is 0. The fraction of sp³-hybridized carbons (Fsp3) is 0.256. The van der Waals surface area contributed by atoms with Crippen LogP contribution < -0.4 is 11.1 Å². The number of hydrogen-bond acceptors (Lipinski definition) is 10. The van der Waals surface area contributed by atoms with Gasteiger partial charge in [0, 0.05) is 42.2 Å². The van der Waals surface area contributed by atoms with Crippen LogP contribution >= 0.6 is 0 Å². The summed E-state index contributed by atoms with van der Waals surface area (Å²) in [5, 5.41) is 2.70. The summed E-state index contributed by atoms with van der Waals surface area (Å²) in [7, 11) is 1.27. The highest BCUT2D eigenvalue weighted by Crippen LogP contribution is 2.36. The van der Waals surface area contributed by atoms with E-state index in [4.69, 9.17) is 15.2 Å². The first kappa shape index (κ1) is 38.5. The van der Waals surface area contributed by atoms with Crippen molar-refractivity contribution >= 4 is 24.0 Å². The maximum atomic E-state index is 13.9. The molecule has 0 bridgehead atoms. The summed E-state index contributed by atoms with van der Waals surface area (Å²) in [6.07, 6.45) is 6.99. The SMILES string of the molecule is COC(=O)NC(C(=O)N1CCCC1c1ncc(-c2ccc(-c3ncc(-c4cnc([C@@H]5CCCN5C(=O)[C@H](OC(N)=O)c5ccccc5)[nH]4)cn3)cc2)[nH]1)c1ccccc1. The third kappa shape index (κ3) is 8.23. The predicted molar refractivity (Wildman–Crippen MR) is 215 cm³/mol. The molecule has 8 rings (SSSR count). The van der Waals surface area contributed by atoms with E-state index < -0.39 is 24.3 Å². The van der Waals surface area contributed by atoms with Crippen LogP contribution in [-0.4, -0.2) is 83.9 Å². The first-order valence-corrected chi connectivity index (χ1v) is 19.3. The number of aromatic amines is 2. The quantitative estimate of drug-likeness (QED) is 0.117. The number of nitrogens with two attached hydrogens (primary N) is 1. The minimum atomic E-state index is -1.16. The van der Waals surface area contributed by atoms with Crippen molar-refractivity contribution in [3.8, 4) is 33.9 Å². The molecule has 2 saturated heterocycles. The number of carbonyl (C=O) groups excluding carboxylic acids is 4. The number of amides is 4. The molecule has 6 aromatic rings. The number of rotatable bonds is 11. The number of carbonyl (C=O) groups is 4. The largest absolute Gasteiger partial charge is 0.453 e. The molecule has 0 spiro atoms. The topological polar surface area (TPSA) is 214 Å². The zero-order valence-electron chi connectivity index (χ0n) is 32.2. The van der Waals surface area contributed by atoms with Gasteiger partial charge in [-0.05, 0) is 36.8 Å². The predicted octanol–water partition coefficient (Wildman–Crippen LogP) is 6.18. The Labute approximate surface area is 339 Å². The lowest BCUT2D eigenvalue weighted by Gasteiger charge is -2.28. The molecule has 0 saturated carbocycles. The Balaban J connectivity index is 0.928. The smallest absolute Gasteiger partial charge is 0.407 e. The lowest BCUT2D eigenvalue weighted by molar-refractivity contribution is -0.141. The van der Waals surface area contributed by atoms with Gasteiger partial charge >= 0.3 is 12.2 Å². The highest BCUT2D eigenvalue weighted by atomic mass is 16.6. The Morgan fingerprint density at radius 3 is 1.76 bits per heavy atom. The second kappa shape index (κ2) is 17.0. The van der Waals surface area contributed by atoms with Crippen molar-refractivity contribution in [1.82, 2.24) is 45.0 Å². The molecule has 2 aliphatic rings. The molecule has 3 aromatic carbocycles. The van der Waals surface area contributed by atoms with Crippen molar-refractivity contribution in [2.24, 2.45) is 5.73 Å². The molecule has 0 aliphatic carbocycles. The first-order chi connectivity index (χ1) is 28.8. The number of nitrogens with one attached hydrogen (secondary N) is 3. The fourth-order valence-corrected chi connectivity index (χ4v) is 7.78. The monoisotopic (exact) mass is 794 g/mol. The molecule has 4 atom stereocenters. The summed E-state index contributed by atoms with van der Waals surface area (Å²) in [6, 6.07) is 24.2. The van der Waals surface area contributed by atoms with Crippen LogP contribution in [-0.2, 0) is 19.1 Å². The standard InChI is InChI=1S/C43H42N10O6/c1-58-43(57)51-35(27-10-4-2-5-11-27)40(54)52-20-8-14-33(52)38-47-24-31(49-38)26-16-18-29(19-17-26)37-45-22-30(23-46-37)32-25-48-39(50-32)34-15-9-21-53(34)41(55)36(59-42(44)56)28-12-6-3-7-13-28/h2-7,10-13,16-19,22-25,33-36H,8-9,14-15,20-21H2,1H3,(H2,44,56)(H,47,49)(H,48,50)(H,51,57)/t33?,34-,35?,36+/m0/s1. The maximum Gasteiger partial charge on any atom is 0.407 e. The Bertz CT molecular complexity index is 2420. The molecular formula is C43H42N10O6. The average Bonchev–Trinajstić information content (AvgIpc) is 4.12. The second-order valence-electron chi connectivity index (χ2n) is 14.3. The lowest BCUT2D eigenvalue weighted by Crippen LogP contribution is -2.42. The Hall–Kier alpha value is -7.36. The third-order valence-electron chi connectivity index (χ3n) is 10.7. The van der Waals surface area contributed by atoms with Crippen LogP contribution in [0.2, 0.25) is 0 Å². The molecule has 0 radical (unpaired) electrons. The molecule has 2 unspecified atom stereocenters. The van der Waals surface area contributed by atoms with Crippen LogP contribution in [0.3, 0.4) is 0 Å². The van der Waals surface area contributed by atoms with Crippen molar-refractivity contribution in [3.63, 3.8) is 0 Å². The van der Waals surface area contributed by atoms with E-state index >= 15 is 0 Å². The summed E-state index contributed by atoms with van der Waals surface area (Å²) in [4.78, 5) is 80.2. The van der Waals surface area contributed by atoms with E-state index in [9.17, 15) is 19.2 Å². The molecular weight excluding hydrogens is 753 g/mol. The molecule has 300 valence electrons. The summed E-state index contributed by atoms with van der Waals surface area (Å²) in [5.74, 6) is 1.22. The number of aromatic nitrogens is 6. The number of primary amides is 1. The van der Waals surface area contributed by atoms with Crippen molar-refractivity contribution in [2.75, 3.05) is 20.2 Å². The minimum Gasteiger partial charge on any atom is -0.453 e. The molecule has 5 heterocycles. The van der Waals surface area contributed by atoms with E-state index in [0.717, 1.165) is 41.6 Å². The summed E-state index contributed by atoms with van der Waals surface area (Å²) in [5.41, 5.74) is 10.5. The van der Waals surface area contributed by atoms with Crippen molar-refractivity contribution in [3.05, 3.63) is 132 Å². The number of ether oxygens (including phenoxy) is 2. The van der Waals surface area contributed by atoms with Crippen molar-refractivity contribution < 1.29 is 28.7 Å². The van der Waals surface area contributed by atoms with E-state index in [1.807, 2.05) is 48.5 Å². The number of likely N-dealkylation sites (tertiary alicyclic amines) is 2. The number of hydrogen-bond donors (Lipinski definition) is 4. The lowest BCUT2D eigenvalue weighted by atomic mass is 10.1. The van der Waals surface area contributed by atoms with Crippen LogP contribution in [0, 0.1) is 0 Å². The van der Waals surface area contributed by atoms with E-state index in [1.165, 1.54) is 7.11 Å². The molecule has 16 nitrogen and oxygen atoms in total. The Kier molecular flexibility index (Phi) is 11.1. The third-order valence-corrected chi connectivity index (χ3v) is 10.7. The molecule has 16 heteroatoms. The first-order valence-electron chi connectivity index (χ1n) is 19.3. The zero-order chi connectivity index (χ0) is 40.9. The van der Waals surface area contributed by atoms with Crippen LogP contribution in [0.1, 0.15) is 72.7 Å². The van der Waals surface area contributed by atoms with Gasteiger partial charge in [-0.1, -0.05) is 84.9 Å². The van der Waals surface area contributed by atoms with Gasteiger partial charge in [0.25, 0.3) is 11.8 Å². The van der Waals surface area contributed by atoms with E-state index in [0.29, 0.717) is 53.8 Å². The van der Waals surface area contributed by atoms with Crippen molar-refractivity contribution in [1.29, 1.82) is 0 Å². The van der Waals surface area contributed by atoms with Crippen LogP contribution in [0.5, 0.6) is 0 Å². The van der Waals surface area contributed by atoms with E-state index in [-0.39, 0.29) is 23.9 Å². The highest BCUT2D eigenvalue weighted by molar-refractivity contribution is 5.87. The molecule has 59 heavy (non-hydrogen) atoms. The van der Waals surface area contributed by atoms with Gasteiger partial charge in [0.2, 0.25) is 6.10 Å². The average molecular weight is 795 g/mol. The van der Waals surface area contributed by atoms with Gasteiger partial charge in [0.1, 0.15) is 17.7 Å².